The van der Waals surface area contributed by atoms with Crippen LogP contribution in [0.5, 0.6) is 0 Å². The molecule has 0 saturated carbocycles. The fraction of sp³-hybridized carbons (Fsp3) is 0.636. The van der Waals surface area contributed by atoms with E-state index in [0.717, 1.165) is 17.0 Å². The Hall–Kier alpha value is -0.970. The monoisotopic (exact) mass is 234 g/mol. The summed E-state index contributed by atoms with van der Waals surface area (Å²) in [7, 11) is 1.95. The highest BCUT2D eigenvalue weighted by Crippen LogP contribution is 2.18. The van der Waals surface area contributed by atoms with Crippen molar-refractivity contribution in [2.24, 2.45) is 7.05 Å². The summed E-state index contributed by atoms with van der Waals surface area (Å²) in [5.41, 5.74) is 3.27. The van der Waals surface area contributed by atoms with E-state index in [1.165, 1.54) is 0 Å². The third-order valence-electron chi connectivity index (χ3n) is 2.78. The van der Waals surface area contributed by atoms with E-state index in [0.29, 0.717) is 6.54 Å². The van der Waals surface area contributed by atoms with Crippen molar-refractivity contribution in [1.29, 1.82) is 0 Å². The lowest BCUT2D eigenvalue weighted by molar-refractivity contribution is -0.133. The first-order valence-corrected chi connectivity index (χ1v) is 5.20. The predicted octanol–water partition coefficient (Wildman–Crippen LogP) is 2.68. The van der Waals surface area contributed by atoms with E-state index in [-0.39, 0.29) is 6.54 Å². The molecule has 0 amide bonds. The molecular formula is C11H17F3N2. The van der Waals surface area contributed by atoms with Crippen LogP contribution in [0.3, 0.4) is 0 Å². The van der Waals surface area contributed by atoms with Gasteiger partial charge in [0, 0.05) is 31.5 Å². The van der Waals surface area contributed by atoms with Crippen molar-refractivity contribution in [2.75, 3.05) is 6.54 Å². The van der Waals surface area contributed by atoms with Crippen LogP contribution in [0.2, 0.25) is 0 Å². The van der Waals surface area contributed by atoms with Crippen molar-refractivity contribution < 1.29 is 13.2 Å². The van der Waals surface area contributed by atoms with Crippen LogP contribution in [0, 0.1) is 13.8 Å². The van der Waals surface area contributed by atoms with Crippen molar-refractivity contribution in [3.63, 3.8) is 0 Å². The minimum atomic E-state index is -4.07. The summed E-state index contributed by atoms with van der Waals surface area (Å²) in [5.74, 6) is 0. The van der Waals surface area contributed by atoms with E-state index in [2.05, 4.69) is 5.32 Å². The van der Waals surface area contributed by atoms with Gasteiger partial charge in [-0.2, -0.15) is 13.2 Å². The summed E-state index contributed by atoms with van der Waals surface area (Å²) in [5, 5.41) is 2.81. The molecule has 2 nitrogen and oxygen atoms in total. The van der Waals surface area contributed by atoms with Crippen molar-refractivity contribution in [1.82, 2.24) is 9.88 Å². The minimum absolute atomic E-state index is 0.0309. The zero-order valence-electron chi connectivity index (χ0n) is 9.78. The number of rotatable bonds is 4. The lowest BCUT2D eigenvalue weighted by Gasteiger charge is -2.07. The highest BCUT2D eigenvalue weighted by atomic mass is 19.4. The standard InChI is InChI=1S/C11H17F3N2/c1-8-6-10(9(2)16(8)3)7-15-5-4-11(12,13)14/h6,15H,4-5,7H2,1-3H3. The smallest absolute Gasteiger partial charge is 0.352 e. The molecule has 1 aromatic heterocycles. The van der Waals surface area contributed by atoms with Crippen molar-refractivity contribution >= 4 is 0 Å². The van der Waals surface area contributed by atoms with Gasteiger partial charge in [0.2, 0.25) is 0 Å². The zero-order valence-corrected chi connectivity index (χ0v) is 9.78. The Kier molecular flexibility index (Phi) is 4.02. The van der Waals surface area contributed by atoms with E-state index >= 15 is 0 Å². The summed E-state index contributed by atoms with van der Waals surface area (Å²) in [4.78, 5) is 0. The molecule has 0 spiro atoms. The SMILES string of the molecule is Cc1cc(CNCCC(F)(F)F)c(C)n1C. The maximum absolute atomic E-state index is 11.9. The molecule has 0 radical (unpaired) electrons. The highest BCUT2D eigenvalue weighted by molar-refractivity contribution is 5.26. The van der Waals surface area contributed by atoms with Gasteiger partial charge in [-0.1, -0.05) is 0 Å². The number of hydrogen-bond acceptors (Lipinski definition) is 1. The maximum atomic E-state index is 11.9. The second-order valence-electron chi connectivity index (χ2n) is 4.00. The van der Waals surface area contributed by atoms with Gasteiger partial charge in [-0.3, -0.25) is 0 Å². The quantitative estimate of drug-likeness (QED) is 0.792. The van der Waals surface area contributed by atoms with Crippen LogP contribution in [0.25, 0.3) is 0 Å². The average Bonchev–Trinajstić information content (AvgIpc) is 2.40. The maximum Gasteiger partial charge on any atom is 0.390 e. The van der Waals surface area contributed by atoms with Gasteiger partial charge in [0.1, 0.15) is 0 Å². The zero-order chi connectivity index (χ0) is 12.3. The number of alkyl halides is 3. The molecule has 0 aliphatic rings. The second kappa shape index (κ2) is 4.91. The van der Waals surface area contributed by atoms with Crippen LogP contribution >= 0.6 is 0 Å². The van der Waals surface area contributed by atoms with Crippen molar-refractivity contribution in [2.45, 2.75) is 33.0 Å². The van der Waals surface area contributed by atoms with Crippen molar-refractivity contribution in [3.8, 4) is 0 Å². The second-order valence-corrected chi connectivity index (χ2v) is 4.00. The van der Waals surface area contributed by atoms with Crippen LogP contribution in [-0.2, 0) is 13.6 Å². The summed E-state index contributed by atoms with van der Waals surface area (Å²) in [6, 6.07) is 2.00. The van der Waals surface area contributed by atoms with Crippen molar-refractivity contribution in [3.05, 3.63) is 23.0 Å². The molecule has 0 unspecified atom stereocenters. The van der Waals surface area contributed by atoms with Gasteiger partial charge >= 0.3 is 6.18 Å². The number of aryl methyl sites for hydroxylation is 1. The molecule has 0 bridgehead atoms. The Bertz CT molecular complexity index is 353. The largest absolute Gasteiger partial charge is 0.390 e. The summed E-state index contributed by atoms with van der Waals surface area (Å²) < 4.78 is 37.7. The molecule has 0 aliphatic heterocycles. The third kappa shape index (κ3) is 3.56. The Morgan fingerprint density at radius 3 is 2.38 bits per heavy atom. The number of aromatic nitrogens is 1. The lowest BCUT2D eigenvalue weighted by atomic mass is 10.2. The van der Waals surface area contributed by atoms with Crippen LogP contribution in [0.4, 0.5) is 13.2 Å². The van der Waals surface area contributed by atoms with Crippen LogP contribution in [0.15, 0.2) is 6.07 Å². The van der Waals surface area contributed by atoms with Gasteiger partial charge < -0.3 is 9.88 Å². The van der Waals surface area contributed by atoms with E-state index in [9.17, 15) is 13.2 Å². The Balaban J connectivity index is 2.41. The molecule has 1 rings (SSSR count). The number of hydrogen-bond donors (Lipinski definition) is 1. The van der Waals surface area contributed by atoms with E-state index in [4.69, 9.17) is 0 Å². The molecule has 1 heterocycles. The number of nitrogens with zero attached hydrogens (tertiary/aromatic N) is 1. The van der Waals surface area contributed by atoms with Gasteiger partial charge in [-0.25, -0.2) is 0 Å². The van der Waals surface area contributed by atoms with Gasteiger partial charge in [-0.05, 0) is 25.5 Å². The lowest BCUT2D eigenvalue weighted by Crippen LogP contribution is -2.21. The molecule has 5 heteroatoms. The first-order valence-electron chi connectivity index (χ1n) is 5.20. The Morgan fingerprint density at radius 1 is 1.31 bits per heavy atom. The van der Waals surface area contributed by atoms with Crippen LogP contribution in [-0.4, -0.2) is 17.3 Å². The summed E-state index contributed by atoms with van der Waals surface area (Å²) in [6.45, 7) is 4.40. The Labute approximate surface area is 93.5 Å². The highest BCUT2D eigenvalue weighted by Gasteiger charge is 2.25. The van der Waals surface area contributed by atoms with E-state index in [1.807, 2.05) is 31.5 Å². The van der Waals surface area contributed by atoms with E-state index < -0.39 is 12.6 Å². The average molecular weight is 234 g/mol. The molecule has 16 heavy (non-hydrogen) atoms. The fourth-order valence-electron chi connectivity index (χ4n) is 1.57. The first-order chi connectivity index (χ1) is 7.31. The Morgan fingerprint density at radius 2 is 1.94 bits per heavy atom. The molecule has 0 atom stereocenters. The molecule has 0 fully saturated rings. The summed E-state index contributed by atoms with van der Waals surface area (Å²) in [6.07, 6.45) is -4.85. The molecule has 0 saturated heterocycles. The summed E-state index contributed by atoms with van der Waals surface area (Å²) >= 11 is 0. The van der Waals surface area contributed by atoms with Gasteiger partial charge in [-0.15, -0.1) is 0 Å². The van der Waals surface area contributed by atoms with Crippen LogP contribution < -0.4 is 5.32 Å². The van der Waals surface area contributed by atoms with Gasteiger partial charge in [0.05, 0.1) is 6.42 Å². The molecule has 1 N–H and O–H groups in total. The number of nitrogens with one attached hydrogen (secondary N) is 1. The van der Waals surface area contributed by atoms with E-state index in [1.54, 1.807) is 0 Å². The van der Waals surface area contributed by atoms with Gasteiger partial charge in [0.15, 0.2) is 0 Å². The molecular weight excluding hydrogens is 217 g/mol. The van der Waals surface area contributed by atoms with Crippen LogP contribution in [0.1, 0.15) is 23.4 Å². The van der Waals surface area contributed by atoms with Gasteiger partial charge in [0.25, 0.3) is 0 Å². The fourth-order valence-corrected chi connectivity index (χ4v) is 1.57. The normalized spacial score (nSPS) is 12.1. The minimum Gasteiger partial charge on any atom is -0.352 e. The molecule has 0 aromatic carbocycles. The topological polar surface area (TPSA) is 17.0 Å². The predicted molar refractivity (Wildman–Crippen MR) is 57.3 cm³/mol. The first kappa shape index (κ1) is 13.1. The number of halogens is 3. The third-order valence-corrected chi connectivity index (χ3v) is 2.78. The molecule has 0 aliphatic carbocycles. The molecule has 1 aromatic rings. The molecule has 92 valence electrons.